The Morgan fingerprint density at radius 2 is 1.18 bits per heavy atom. The Bertz CT molecular complexity index is 619. The van der Waals surface area contributed by atoms with Gasteiger partial charge in [-0.25, -0.2) is 9.97 Å². The molecule has 0 saturated carbocycles. The van der Waals surface area contributed by atoms with E-state index in [0.717, 1.165) is 10.1 Å². The highest BCUT2D eigenvalue weighted by molar-refractivity contribution is 8.76. The number of benzene rings is 1. The topological polar surface area (TPSA) is 25.8 Å². The number of hydrogen-bond donors (Lipinski definition) is 0. The molecule has 0 spiro atoms. The Hall–Kier alpha value is -2.04. The van der Waals surface area contributed by atoms with Crippen LogP contribution in [0.25, 0.3) is 6.08 Å². The molecule has 3 aromatic rings. The highest BCUT2D eigenvalue weighted by Crippen LogP contribution is 2.34. The summed E-state index contributed by atoms with van der Waals surface area (Å²) in [4.78, 5) is 8.42. The van der Waals surface area contributed by atoms with Crippen molar-refractivity contribution < 1.29 is 0 Å². The predicted octanol–water partition coefficient (Wildman–Crippen LogP) is 5.61. The summed E-state index contributed by atoms with van der Waals surface area (Å²) in [6.07, 6.45) is 5.42. The van der Waals surface area contributed by atoms with Crippen molar-refractivity contribution in [1.29, 1.82) is 0 Å². The van der Waals surface area contributed by atoms with Crippen LogP contribution in [-0.2, 0) is 0 Å². The van der Waals surface area contributed by atoms with Gasteiger partial charge in [-0.1, -0.05) is 55.1 Å². The normalized spacial score (nSPS) is 9.45. The second-order valence-electron chi connectivity index (χ2n) is 4.12. The van der Waals surface area contributed by atoms with Crippen LogP contribution >= 0.6 is 21.6 Å². The minimum absolute atomic E-state index is 1.00. The minimum Gasteiger partial charge on any atom is -0.249 e. The molecule has 0 aliphatic rings. The van der Waals surface area contributed by atoms with Gasteiger partial charge >= 0.3 is 0 Å². The molecule has 2 nitrogen and oxygen atoms in total. The lowest BCUT2D eigenvalue weighted by atomic mass is 10.2. The van der Waals surface area contributed by atoms with E-state index in [1.807, 2.05) is 72.8 Å². The highest BCUT2D eigenvalue weighted by Gasteiger charge is 1.97. The second-order valence-corrected chi connectivity index (χ2v) is 6.29. The third kappa shape index (κ3) is 6.16. The summed E-state index contributed by atoms with van der Waals surface area (Å²) in [6, 6.07) is 21.8. The van der Waals surface area contributed by atoms with Gasteiger partial charge in [0.05, 0.1) is 0 Å². The van der Waals surface area contributed by atoms with Crippen molar-refractivity contribution in [1.82, 2.24) is 9.97 Å². The lowest BCUT2D eigenvalue weighted by Gasteiger charge is -1.97. The molecule has 0 saturated heterocycles. The fraction of sp³-hybridized carbons (Fsp3) is 0. The molecule has 2 aromatic heterocycles. The van der Waals surface area contributed by atoms with Crippen molar-refractivity contribution in [2.45, 2.75) is 10.1 Å². The van der Waals surface area contributed by atoms with Crippen LogP contribution in [-0.4, -0.2) is 9.97 Å². The zero-order valence-electron chi connectivity index (χ0n) is 12.0. The molecule has 0 aliphatic heterocycles. The van der Waals surface area contributed by atoms with Crippen LogP contribution in [0, 0.1) is 0 Å². The molecule has 3 rings (SSSR count). The van der Waals surface area contributed by atoms with E-state index >= 15 is 0 Å². The molecule has 110 valence electrons. The minimum atomic E-state index is 1.00. The van der Waals surface area contributed by atoms with E-state index in [-0.39, 0.29) is 0 Å². The quantitative estimate of drug-likeness (QED) is 0.583. The number of aromatic nitrogens is 2. The van der Waals surface area contributed by atoms with Crippen LogP contribution in [0.15, 0.2) is 95.8 Å². The van der Waals surface area contributed by atoms with Gasteiger partial charge in [0, 0.05) is 12.4 Å². The van der Waals surface area contributed by atoms with Gasteiger partial charge in [-0.3, -0.25) is 0 Å². The maximum atomic E-state index is 4.21. The Morgan fingerprint density at radius 1 is 0.682 bits per heavy atom. The van der Waals surface area contributed by atoms with Crippen LogP contribution in [0.1, 0.15) is 5.56 Å². The molecular formula is C18H16N2S2. The highest BCUT2D eigenvalue weighted by atomic mass is 33.1. The zero-order valence-corrected chi connectivity index (χ0v) is 13.6. The molecule has 4 heteroatoms. The first kappa shape index (κ1) is 16.3. The molecule has 2 heterocycles. The van der Waals surface area contributed by atoms with Gasteiger partial charge in [-0.05, 0) is 51.4 Å². The molecule has 1 aromatic carbocycles. The summed E-state index contributed by atoms with van der Waals surface area (Å²) >= 11 is 0. The maximum Gasteiger partial charge on any atom is 0.107 e. The Balaban J connectivity index is 0.000000188. The molecular weight excluding hydrogens is 308 g/mol. The lowest BCUT2D eigenvalue weighted by molar-refractivity contribution is 1.13. The summed E-state index contributed by atoms with van der Waals surface area (Å²) in [5.74, 6) is 0. The maximum absolute atomic E-state index is 4.21. The lowest BCUT2D eigenvalue weighted by Crippen LogP contribution is -1.75. The van der Waals surface area contributed by atoms with Crippen molar-refractivity contribution >= 4 is 27.7 Å². The van der Waals surface area contributed by atoms with Crippen LogP contribution in [0.4, 0.5) is 0 Å². The predicted molar refractivity (Wildman–Crippen MR) is 96.7 cm³/mol. The molecule has 0 amide bonds. The average Bonchev–Trinajstić information content (AvgIpc) is 2.63. The van der Waals surface area contributed by atoms with Crippen molar-refractivity contribution in [2.75, 3.05) is 0 Å². The van der Waals surface area contributed by atoms with Gasteiger partial charge in [-0.15, -0.1) is 0 Å². The first-order valence-electron chi connectivity index (χ1n) is 6.72. The smallest absolute Gasteiger partial charge is 0.107 e. The van der Waals surface area contributed by atoms with Crippen LogP contribution in [0.3, 0.4) is 0 Å². The van der Waals surface area contributed by atoms with Gasteiger partial charge < -0.3 is 0 Å². The molecule has 0 radical (unpaired) electrons. The van der Waals surface area contributed by atoms with Crippen molar-refractivity contribution in [3.05, 3.63) is 91.3 Å². The largest absolute Gasteiger partial charge is 0.249 e. The standard InChI is InChI=1S/C10H8N2S2.C8H8/c1-3-7-11-9(5-1)13-14-10-6-2-4-8-12-10;1-2-8-6-4-3-5-7-8/h1-8H;2-7H,1H2. The number of pyridine rings is 2. The fourth-order valence-corrected chi connectivity index (χ4v) is 3.22. The summed E-state index contributed by atoms with van der Waals surface area (Å²) < 4.78 is 0. The van der Waals surface area contributed by atoms with Crippen LogP contribution in [0.5, 0.6) is 0 Å². The molecule has 0 aliphatic carbocycles. The van der Waals surface area contributed by atoms with Gasteiger partial charge in [0.1, 0.15) is 10.1 Å². The molecule has 0 N–H and O–H groups in total. The third-order valence-corrected chi connectivity index (χ3v) is 4.71. The number of rotatable bonds is 4. The van der Waals surface area contributed by atoms with Gasteiger partial charge in [0.15, 0.2) is 0 Å². The van der Waals surface area contributed by atoms with E-state index in [1.165, 1.54) is 5.56 Å². The summed E-state index contributed by atoms with van der Waals surface area (Å²) in [5.41, 5.74) is 1.17. The summed E-state index contributed by atoms with van der Waals surface area (Å²) in [5, 5.41) is 2.01. The number of nitrogens with zero attached hydrogens (tertiary/aromatic N) is 2. The molecule has 0 unspecified atom stereocenters. The van der Waals surface area contributed by atoms with Crippen molar-refractivity contribution in [2.24, 2.45) is 0 Å². The number of hydrogen-bond acceptors (Lipinski definition) is 4. The van der Waals surface area contributed by atoms with Gasteiger partial charge in [0.25, 0.3) is 0 Å². The van der Waals surface area contributed by atoms with E-state index < -0.39 is 0 Å². The monoisotopic (exact) mass is 324 g/mol. The van der Waals surface area contributed by atoms with Crippen molar-refractivity contribution in [3.63, 3.8) is 0 Å². The Morgan fingerprint density at radius 3 is 1.55 bits per heavy atom. The Kier molecular flexibility index (Phi) is 7.29. The second kappa shape index (κ2) is 9.82. The first-order chi connectivity index (χ1) is 10.9. The first-order valence-corrected chi connectivity index (χ1v) is 8.87. The molecule has 0 atom stereocenters. The fourth-order valence-electron chi connectivity index (χ4n) is 1.47. The van der Waals surface area contributed by atoms with Crippen molar-refractivity contribution in [3.8, 4) is 0 Å². The van der Waals surface area contributed by atoms with Gasteiger partial charge in [-0.2, -0.15) is 0 Å². The van der Waals surface area contributed by atoms with Gasteiger partial charge in [0.2, 0.25) is 0 Å². The van der Waals surface area contributed by atoms with E-state index in [1.54, 1.807) is 34.0 Å². The zero-order chi connectivity index (χ0) is 15.5. The summed E-state index contributed by atoms with van der Waals surface area (Å²) in [6.45, 7) is 3.63. The Labute approximate surface area is 139 Å². The summed E-state index contributed by atoms with van der Waals surface area (Å²) in [7, 11) is 3.23. The third-order valence-electron chi connectivity index (χ3n) is 2.52. The van der Waals surface area contributed by atoms with E-state index in [4.69, 9.17) is 0 Å². The molecule has 0 fully saturated rings. The van der Waals surface area contributed by atoms with Crippen LogP contribution in [0.2, 0.25) is 0 Å². The van der Waals surface area contributed by atoms with E-state index in [0.29, 0.717) is 0 Å². The van der Waals surface area contributed by atoms with E-state index in [9.17, 15) is 0 Å². The average molecular weight is 324 g/mol. The van der Waals surface area contributed by atoms with Crippen LogP contribution < -0.4 is 0 Å². The molecule has 22 heavy (non-hydrogen) atoms. The molecule has 0 bridgehead atoms. The van der Waals surface area contributed by atoms with E-state index in [2.05, 4.69) is 16.5 Å². The SMILES string of the molecule is C=Cc1ccccc1.c1ccc(SSc2ccccn2)nc1.